The molecule has 1 heteroatoms. The molecular weight excluding hydrogens is 663 g/mol. The van der Waals surface area contributed by atoms with E-state index >= 15 is 0 Å². The zero-order chi connectivity index (χ0) is 36.6. The Kier molecular flexibility index (Phi) is 8.69. The highest BCUT2D eigenvalue weighted by Gasteiger charge is 2.23. The lowest BCUT2D eigenvalue weighted by molar-refractivity contribution is 0.723. The number of hydrogen-bond donors (Lipinski definition) is 0. The summed E-state index contributed by atoms with van der Waals surface area (Å²) in [4.78, 5) is 2.53. The van der Waals surface area contributed by atoms with Crippen LogP contribution in [0.15, 0.2) is 194 Å². The number of fused-ring (bicyclic) bond motifs is 4. The molecule has 1 atom stereocenters. The Hall–Kier alpha value is -6.44. The van der Waals surface area contributed by atoms with E-state index in [-0.39, 0.29) is 0 Å². The highest BCUT2D eigenvalue weighted by molar-refractivity contribution is 6.15. The lowest BCUT2D eigenvalue weighted by Gasteiger charge is -2.35. The average molecular weight is 706 g/mol. The third kappa shape index (κ3) is 6.36. The molecule has 0 heterocycles. The number of anilines is 1. The van der Waals surface area contributed by atoms with E-state index in [2.05, 4.69) is 199 Å². The summed E-state index contributed by atoms with van der Waals surface area (Å²) in [6.07, 6.45) is 23.5. The van der Waals surface area contributed by atoms with Crippen molar-refractivity contribution in [1.82, 2.24) is 0 Å². The number of benzene rings is 7. The molecule has 10 rings (SSSR count). The summed E-state index contributed by atoms with van der Waals surface area (Å²) in [7, 11) is 0. The molecule has 0 saturated heterocycles. The van der Waals surface area contributed by atoms with Crippen LogP contribution in [-0.2, 0) is 6.42 Å². The van der Waals surface area contributed by atoms with Crippen LogP contribution in [0.5, 0.6) is 0 Å². The third-order valence-corrected chi connectivity index (χ3v) is 11.7. The molecule has 0 bridgehead atoms. The van der Waals surface area contributed by atoms with Crippen molar-refractivity contribution in [2.75, 3.05) is 4.90 Å². The van der Waals surface area contributed by atoms with E-state index in [0.717, 1.165) is 32.1 Å². The molecule has 55 heavy (non-hydrogen) atoms. The van der Waals surface area contributed by atoms with Crippen molar-refractivity contribution in [1.29, 1.82) is 0 Å². The van der Waals surface area contributed by atoms with Crippen molar-refractivity contribution in [2.45, 2.75) is 38.1 Å². The van der Waals surface area contributed by atoms with E-state index in [1.165, 1.54) is 88.6 Å². The monoisotopic (exact) mass is 705 g/mol. The average Bonchev–Trinajstić information content (AvgIpc) is 3.27. The number of allylic oxidation sites excluding steroid dienone is 7. The van der Waals surface area contributed by atoms with Gasteiger partial charge in [0.15, 0.2) is 0 Å². The highest BCUT2D eigenvalue weighted by Crippen LogP contribution is 2.42. The quantitative estimate of drug-likeness (QED) is 0.149. The normalized spacial score (nSPS) is 16.2. The summed E-state index contributed by atoms with van der Waals surface area (Å²) in [6, 6.07) is 54.6. The molecule has 3 aliphatic carbocycles. The van der Waals surface area contributed by atoms with Gasteiger partial charge in [-0.05, 0) is 158 Å². The first-order valence-electron chi connectivity index (χ1n) is 19.8. The summed E-state index contributed by atoms with van der Waals surface area (Å²) in [5.41, 5.74) is 15.7. The number of hydrogen-bond acceptors (Lipinski definition) is 1. The number of nitrogens with zero attached hydrogens (tertiary/aromatic N) is 1. The van der Waals surface area contributed by atoms with Crippen molar-refractivity contribution in [3.8, 4) is 33.4 Å². The van der Waals surface area contributed by atoms with Gasteiger partial charge < -0.3 is 4.90 Å². The number of para-hydroxylation sites is 1. The first-order chi connectivity index (χ1) is 27.3. The Labute approximate surface area is 324 Å². The van der Waals surface area contributed by atoms with E-state index < -0.39 is 0 Å². The lowest BCUT2D eigenvalue weighted by Crippen LogP contribution is -2.34. The predicted molar refractivity (Wildman–Crippen MR) is 236 cm³/mol. The van der Waals surface area contributed by atoms with Crippen molar-refractivity contribution in [3.05, 3.63) is 211 Å². The summed E-state index contributed by atoms with van der Waals surface area (Å²) in [5, 5.41) is 5.16. The van der Waals surface area contributed by atoms with Gasteiger partial charge >= 0.3 is 0 Å². The molecule has 7 aromatic rings. The smallest absolute Gasteiger partial charge is 0.0556 e. The zero-order valence-corrected chi connectivity index (χ0v) is 31.0. The fourth-order valence-electron chi connectivity index (χ4n) is 8.95. The van der Waals surface area contributed by atoms with Gasteiger partial charge in [0.05, 0.1) is 6.04 Å². The van der Waals surface area contributed by atoms with E-state index in [9.17, 15) is 0 Å². The molecule has 3 aliphatic rings. The Bertz CT molecular complexity index is 2710. The topological polar surface area (TPSA) is 3.24 Å². The minimum atomic E-state index is 0.328. The molecule has 1 nitrogen and oxygen atoms in total. The number of aryl methyl sites for hydroxylation is 1. The molecule has 1 unspecified atom stereocenters. The van der Waals surface area contributed by atoms with E-state index in [0.29, 0.717) is 6.04 Å². The van der Waals surface area contributed by atoms with Gasteiger partial charge in [-0.15, -0.1) is 0 Å². The number of rotatable bonds is 7. The van der Waals surface area contributed by atoms with Gasteiger partial charge in [-0.3, -0.25) is 0 Å². The van der Waals surface area contributed by atoms with Crippen LogP contribution in [0.3, 0.4) is 0 Å². The Morgan fingerprint density at radius 2 is 1.22 bits per heavy atom. The SMILES string of the molecule is C1=CCC(N(C2=CC=C(c3ccc4c(c3)cc(-c3ccccc3)c3cc(-c5cc6c(cc5-c5ccccc5)C=CCC6)ccc34)CC2)c2ccccc2)C=C1. The van der Waals surface area contributed by atoms with Crippen LogP contribution in [0.1, 0.15) is 42.4 Å². The highest BCUT2D eigenvalue weighted by atomic mass is 15.2. The van der Waals surface area contributed by atoms with Gasteiger partial charge in [-0.2, -0.15) is 0 Å². The summed E-state index contributed by atoms with van der Waals surface area (Å²) >= 11 is 0. The van der Waals surface area contributed by atoms with Crippen molar-refractivity contribution >= 4 is 38.9 Å². The molecule has 0 saturated carbocycles. The Morgan fingerprint density at radius 3 is 1.96 bits per heavy atom. The first-order valence-corrected chi connectivity index (χ1v) is 19.8. The molecule has 0 spiro atoms. The maximum Gasteiger partial charge on any atom is 0.0556 e. The Balaban J connectivity index is 1.08. The van der Waals surface area contributed by atoms with Gasteiger partial charge in [0, 0.05) is 11.4 Å². The van der Waals surface area contributed by atoms with Crippen LogP contribution >= 0.6 is 0 Å². The lowest BCUT2D eigenvalue weighted by atomic mass is 9.85. The largest absolute Gasteiger partial charge is 0.338 e. The molecule has 0 aliphatic heterocycles. The van der Waals surface area contributed by atoms with Gasteiger partial charge in [0.2, 0.25) is 0 Å². The van der Waals surface area contributed by atoms with Gasteiger partial charge in [-0.1, -0.05) is 146 Å². The predicted octanol–water partition coefficient (Wildman–Crippen LogP) is 14.4. The second-order valence-corrected chi connectivity index (χ2v) is 15.1. The van der Waals surface area contributed by atoms with Crippen molar-refractivity contribution in [3.63, 3.8) is 0 Å². The first kappa shape index (κ1) is 33.2. The van der Waals surface area contributed by atoms with E-state index in [1.54, 1.807) is 0 Å². The summed E-state index contributed by atoms with van der Waals surface area (Å²) in [5.74, 6) is 0. The van der Waals surface area contributed by atoms with Crippen LogP contribution in [0.2, 0.25) is 0 Å². The van der Waals surface area contributed by atoms with Crippen LogP contribution < -0.4 is 4.90 Å². The third-order valence-electron chi connectivity index (χ3n) is 11.7. The van der Waals surface area contributed by atoms with Crippen molar-refractivity contribution < 1.29 is 0 Å². The van der Waals surface area contributed by atoms with Gasteiger partial charge in [0.25, 0.3) is 0 Å². The molecule has 0 fully saturated rings. The van der Waals surface area contributed by atoms with Crippen LogP contribution in [0, 0.1) is 0 Å². The summed E-state index contributed by atoms with van der Waals surface area (Å²) in [6.45, 7) is 0. The van der Waals surface area contributed by atoms with Crippen LogP contribution in [-0.4, -0.2) is 6.04 Å². The second-order valence-electron chi connectivity index (χ2n) is 15.1. The molecule has 7 aromatic carbocycles. The fourth-order valence-corrected chi connectivity index (χ4v) is 8.95. The molecule has 264 valence electrons. The minimum absolute atomic E-state index is 0.328. The van der Waals surface area contributed by atoms with Gasteiger partial charge in [-0.25, -0.2) is 0 Å². The standard InChI is InChI=1S/C54H43N/c1-5-15-39(16-6-1)51-34-41-19-13-14-20-42(41)35-53(51)44-28-32-50-49-31-27-43(33-45(49)37-52(54(50)36-44)40-17-7-2-8-18-40)38-25-29-48(30-26-38)55(46-21-9-3-10-22-46)47-23-11-4-12-24-47/h1-13,15-19,21-23,25,27-29,31-37,47H,14,20,24,26,30H2. The second kappa shape index (κ2) is 14.4. The summed E-state index contributed by atoms with van der Waals surface area (Å²) < 4.78 is 0. The van der Waals surface area contributed by atoms with Crippen LogP contribution in [0.4, 0.5) is 5.69 Å². The van der Waals surface area contributed by atoms with E-state index in [1.807, 2.05) is 0 Å². The molecular formula is C54H43N. The van der Waals surface area contributed by atoms with E-state index in [4.69, 9.17) is 0 Å². The maximum atomic E-state index is 2.53. The molecule has 0 radical (unpaired) electrons. The minimum Gasteiger partial charge on any atom is -0.338 e. The molecule has 0 aromatic heterocycles. The molecule has 0 N–H and O–H groups in total. The zero-order valence-electron chi connectivity index (χ0n) is 31.0. The van der Waals surface area contributed by atoms with Gasteiger partial charge in [0.1, 0.15) is 0 Å². The van der Waals surface area contributed by atoms with Crippen molar-refractivity contribution in [2.24, 2.45) is 0 Å². The van der Waals surface area contributed by atoms with Crippen LogP contribution in [0.25, 0.3) is 66.6 Å². The Morgan fingerprint density at radius 1 is 0.491 bits per heavy atom. The molecule has 0 amide bonds. The maximum absolute atomic E-state index is 2.53. The fraction of sp³-hybridized carbons (Fsp3) is 0.111.